The summed E-state index contributed by atoms with van der Waals surface area (Å²) in [5, 5.41) is 3.44. The summed E-state index contributed by atoms with van der Waals surface area (Å²) < 4.78 is 7.61. The normalized spacial score (nSPS) is 12.3. The smallest absolute Gasteiger partial charge is 0.240 e. The minimum Gasteiger partial charge on any atom is -0.383 e. The molecule has 5 nitrogen and oxygen atoms in total. The van der Waals surface area contributed by atoms with E-state index in [9.17, 15) is 9.59 Å². The predicted octanol–water partition coefficient (Wildman–Crippen LogP) is 1.92. The number of carbonyl (C=O) groups is 1. The number of pyridine rings is 1. The molecule has 1 aromatic carbocycles. The molecule has 21 heavy (non-hydrogen) atoms. The Morgan fingerprint density at radius 2 is 2.19 bits per heavy atom. The average Bonchev–Trinajstić information content (AvgIpc) is 2.42. The molecule has 0 saturated heterocycles. The van der Waals surface area contributed by atoms with Crippen LogP contribution < -0.4 is 10.7 Å². The number of benzene rings is 1. The molecule has 112 valence electrons. The van der Waals surface area contributed by atoms with Crippen LogP contribution in [0.5, 0.6) is 0 Å². The van der Waals surface area contributed by atoms with Crippen LogP contribution in [0.3, 0.4) is 0 Å². The summed E-state index contributed by atoms with van der Waals surface area (Å²) in [4.78, 5) is 23.9. The fourth-order valence-electron chi connectivity index (χ4n) is 2.18. The molecule has 0 bridgehead atoms. The van der Waals surface area contributed by atoms with Crippen LogP contribution in [-0.4, -0.2) is 30.2 Å². The molecule has 2 rings (SSSR count). The van der Waals surface area contributed by atoms with E-state index >= 15 is 0 Å². The summed E-state index contributed by atoms with van der Waals surface area (Å²) in [5.74, 6) is -0.121. The Kier molecular flexibility index (Phi) is 5.14. The molecular formula is C15H17BrN2O3. The van der Waals surface area contributed by atoms with Gasteiger partial charge in [0.15, 0.2) is 5.43 Å². The third-order valence-electron chi connectivity index (χ3n) is 3.08. The van der Waals surface area contributed by atoms with Crippen LogP contribution >= 0.6 is 15.9 Å². The van der Waals surface area contributed by atoms with Crippen molar-refractivity contribution in [3.63, 3.8) is 0 Å². The number of aromatic nitrogens is 1. The van der Waals surface area contributed by atoms with Gasteiger partial charge < -0.3 is 14.6 Å². The monoisotopic (exact) mass is 352 g/mol. The highest BCUT2D eigenvalue weighted by molar-refractivity contribution is 9.10. The quantitative estimate of drug-likeness (QED) is 0.894. The Balaban J connectivity index is 2.26. The van der Waals surface area contributed by atoms with Gasteiger partial charge in [-0.1, -0.05) is 15.9 Å². The molecule has 6 heteroatoms. The van der Waals surface area contributed by atoms with E-state index < -0.39 is 0 Å². The van der Waals surface area contributed by atoms with Gasteiger partial charge in [-0.25, -0.2) is 0 Å². The number of carbonyl (C=O) groups excluding carboxylic acids is 1. The molecule has 0 saturated carbocycles. The molecule has 1 amide bonds. The number of fused-ring (bicyclic) bond motifs is 1. The van der Waals surface area contributed by atoms with Gasteiger partial charge in [0, 0.05) is 35.3 Å². The van der Waals surface area contributed by atoms with Crippen LogP contribution in [0.25, 0.3) is 10.9 Å². The molecule has 0 spiro atoms. The molecule has 1 aromatic heterocycles. The molecule has 0 aliphatic carbocycles. The number of rotatable bonds is 5. The molecule has 1 heterocycles. The van der Waals surface area contributed by atoms with E-state index in [-0.39, 0.29) is 23.9 Å². The van der Waals surface area contributed by atoms with Gasteiger partial charge >= 0.3 is 0 Å². The molecule has 1 N–H and O–H groups in total. The lowest BCUT2D eigenvalue weighted by molar-refractivity contribution is -0.122. The van der Waals surface area contributed by atoms with Crippen molar-refractivity contribution in [2.45, 2.75) is 19.5 Å². The Bertz CT molecular complexity index is 712. The topological polar surface area (TPSA) is 60.3 Å². The SMILES string of the molecule is COC[C@@H](C)NC(=O)Cn1ccc(=O)c2ccc(Br)cc21. The fraction of sp³-hybridized carbons (Fsp3) is 0.333. The summed E-state index contributed by atoms with van der Waals surface area (Å²) in [6.45, 7) is 2.49. The summed E-state index contributed by atoms with van der Waals surface area (Å²) >= 11 is 3.39. The highest BCUT2D eigenvalue weighted by Crippen LogP contribution is 2.17. The summed E-state index contributed by atoms with van der Waals surface area (Å²) in [7, 11) is 1.59. The van der Waals surface area contributed by atoms with Crippen molar-refractivity contribution < 1.29 is 9.53 Å². The first kappa shape index (κ1) is 15.7. The van der Waals surface area contributed by atoms with Gasteiger partial charge in [0.25, 0.3) is 0 Å². The molecule has 1 atom stereocenters. The van der Waals surface area contributed by atoms with Gasteiger partial charge in [-0.3, -0.25) is 9.59 Å². The summed E-state index contributed by atoms with van der Waals surface area (Å²) in [5.41, 5.74) is 0.674. The van der Waals surface area contributed by atoms with E-state index in [1.165, 1.54) is 6.07 Å². The lowest BCUT2D eigenvalue weighted by atomic mass is 10.2. The maximum Gasteiger partial charge on any atom is 0.240 e. The van der Waals surface area contributed by atoms with E-state index in [0.29, 0.717) is 12.0 Å². The lowest BCUT2D eigenvalue weighted by Crippen LogP contribution is -2.37. The Morgan fingerprint density at radius 1 is 1.43 bits per heavy atom. The van der Waals surface area contributed by atoms with Crippen LogP contribution in [0.15, 0.2) is 39.7 Å². The molecule has 0 radical (unpaired) electrons. The van der Waals surface area contributed by atoms with Gasteiger partial charge in [-0.15, -0.1) is 0 Å². The van der Waals surface area contributed by atoms with Gasteiger partial charge in [0.1, 0.15) is 6.54 Å². The van der Waals surface area contributed by atoms with Crippen molar-refractivity contribution in [3.8, 4) is 0 Å². The molecular weight excluding hydrogens is 336 g/mol. The number of hydrogen-bond donors (Lipinski definition) is 1. The minimum absolute atomic E-state index is 0.0538. The summed E-state index contributed by atoms with van der Waals surface area (Å²) in [6.07, 6.45) is 1.64. The largest absolute Gasteiger partial charge is 0.383 e. The van der Waals surface area contributed by atoms with Crippen molar-refractivity contribution in [1.82, 2.24) is 9.88 Å². The number of methoxy groups -OCH3 is 1. The van der Waals surface area contributed by atoms with Crippen molar-refractivity contribution in [1.29, 1.82) is 0 Å². The zero-order valence-electron chi connectivity index (χ0n) is 11.9. The highest BCUT2D eigenvalue weighted by Gasteiger charge is 2.10. The van der Waals surface area contributed by atoms with Crippen molar-refractivity contribution >= 4 is 32.7 Å². The number of halogens is 1. The van der Waals surface area contributed by atoms with Crippen LogP contribution in [0, 0.1) is 0 Å². The maximum absolute atomic E-state index is 12.0. The molecule has 0 unspecified atom stereocenters. The first-order chi connectivity index (χ1) is 10.0. The van der Waals surface area contributed by atoms with E-state index in [1.54, 1.807) is 23.9 Å². The van der Waals surface area contributed by atoms with E-state index in [4.69, 9.17) is 4.74 Å². The maximum atomic E-state index is 12.0. The zero-order valence-corrected chi connectivity index (χ0v) is 13.5. The van der Waals surface area contributed by atoms with Crippen LogP contribution in [0.1, 0.15) is 6.92 Å². The minimum atomic E-state index is -0.121. The van der Waals surface area contributed by atoms with Crippen molar-refractivity contribution in [2.24, 2.45) is 0 Å². The average molecular weight is 353 g/mol. The van der Waals surface area contributed by atoms with Crippen LogP contribution in [0.2, 0.25) is 0 Å². The van der Waals surface area contributed by atoms with E-state index in [0.717, 1.165) is 9.99 Å². The standard InChI is InChI=1S/C15H17BrN2O3/c1-10(9-21-2)17-15(20)8-18-6-5-14(19)12-4-3-11(16)7-13(12)18/h3-7,10H,8-9H2,1-2H3,(H,17,20)/t10-/m1/s1. The number of nitrogens with zero attached hydrogens (tertiary/aromatic N) is 1. The van der Waals surface area contributed by atoms with Crippen LogP contribution in [0.4, 0.5) is 0 Å². The molecule has 0 aliphatic rings. The number of ether oxygens (including phenoxy) is 1. The van der Waals surface area contributed by atoms with Crippen molar-refractivity contribution in [2.75, 3.05) is 13.7 Å². The van der Waals surface area contributed by atoms with Gasteiger partial charge in [0.05, 0.1) is 12.1 Å². The van der Waals surface area contributed by atoms with E-state index in [2.05, 4.69) is 21.2 Å². The van der Waals surface area contributed by atoms with E-state index in [1.807, 2.05) is 19.1 Å². The van der Waals surface area contributed by atoms with Gasteiger partial charge in [-0.2, -0.15) is 0 Å². The Labute approximate surface area is 131 Å². The fourth-order valence-corrected chi connectivity index (χ4v) is 2.53. The number of hydrogen-bond acceptors (Lipinski definition) is 3. The zero-order chi connectivity index (χ0) is 15.4. The third kappa shape index (κ3) is 3.92. The molecule has 2 aromatic rings. The predicted molar refractivity (Wildman–Crippen MR) is 85.4 cm³/mol. The third-order valence-corrected chi connectivity index (χ3v) is 3.57. The number of nitrogens with one attached hydrogen (secondary N) is 1. The molecule has 0 fully saturated rings. The van der Waals surface area contributed by atoms with Crippen LogP contribution in [-0.2, 0) is 16.1 Å². The van der Waals surface area contributed by atoms with Gasteiger partial charge in [-0.05, 0) is 25.1 Å². The lowest BCUT2D eigenvalue weighted by Gasteiger charge is -2.15. The Morgan fingerprint density at radius 3 is 2.90 bits per heavy atom. The molecule has 0 aliphatic heterocycles. The number of amides is 1. The first-order valence-corrected chi connectivity index (χ1v) is 7.37. The van der Waals surface area contributed by atoms with Gasteiger partial charge in [0.2, 0.25) is 5.91 Å². The second-order valence-electron chi connectivity index (χ2n) is 4.89. The first-order valence-electron chi connectivity index (χ1n) is 6.58. The second-order valence-corrected chi connectivity index (χ2v) is 5.81. The van der Waals surface area contributed by atoms with Crippen molar-refractivity contribution in [3.05, 3.63) is 45.2 Å². The highest BCUT2D eigenvalue weighted by atomic mass is 79.9. The Hall–Kier alpha value is -1.66. The second kappa shape index (κ2) is 6.87. The summed E-state index contributed by atoms with van der Waals surface area (Å²) in [6, 6.07) is 6.82.